The summed E-state index contributed by atoms with van der Waals surface area (Å²) >= 11 is 0. The van der Waals surface area contributed by atoms with E-state index in [-0.39, 0.29) is 11.6 Å². The highest BCUT2D eigenvalue weighted by Gasteiger charge is 2.41. The maximum Gasteiger partial charge on any atom is 0.431 e. The molecule has 0 unspecified atom stereocenters. The number of alkyl halides is 5. The van der Waals surface area contributed by atoms with Crippen molar-refractivity contribution < 1.29 is 26.7 Å². The molecule has 0 aliphatic carbocycles. The maximum absolute atomic E-state index is 12.3. The number of allylic oxidation sites excluding steroid dienone is 1. The predicted octanol–water partition coefficient (Wildman–Crippen LogP) is 1.59. The minimum atomic E-state index is -4.53. The lowest BCUT2D eigenvalue weighted by Gasteiger charge is -2.34. The molecule has 25 heavy (non-hydrogen) atoms. The average Bonchev–Trinajstić information content (AvgIpc) is 2.73. The summed E-state index contributed by atoms with van der Waals surface area (Å²) in [4.78, 5) is 23.8. The summed E-state index contributed by atoms with van der Waals surface area (Å²) in [6.45, 7) is 1.93. The largest absolute Gasteiger partial charge is 0.431 e. The molecule has 0 aromatic carbocycles. The number of carbonyl (C=O) groups excluding carboxylic acids is 1. The van der Waals surface area contributed by atoms with E-state index >= 15 is 0 Å². The summed E-state index contributed by atoms with van der Waals surface area (Å²) < 4.78 is 62.3. The molecule has 1 aliphatic heterocycles. The zero-order chi connectivity index (χ0) is 19.7. The zero-order valence-electron chi connectivity index (χ0n) is 13.8. The number of nitrogens with zero attached hydrogens (tertiary/aromatic N) is 5. The highest BCUT2D eigenvalue weighted by molar-refractivity contribution is 5.90. The molecule has 0 N–H and O–H groups in total. The minimum absolute atomic E-state index is 0.00447. The van der Waals surface area contributed by atoms with Crippen molar-refractivity contribution in [1.82, 2.24) is 24.1 Å². The van der Waals surface area contributed by atoms with Gasteiger partial charge in [0.05, 0.1) is 0 Å². The number of hydrogen-bond acceptors (Lipinski definition) is 4. The summed E-state index contributed by atoms with van der Waals surface area (Å²) in [6.07, 6.45) is -3.98. The van der Waals surface area contributed by atoms with Gasteiger partial charge in [0.15, 0.2) is 0 Å². The number of amides is 1. The van der Waals surface area contributed by atoms with E-state index in [0.29, 0.717) is 10.6 Å². The smallest absolute Gasteiger partial charge is 0.327 e. The Balaban J connectivity index is 0.000000257. The van der Waals surface area contributed by atoms with E-state index in [1.165, 1.54) is 28.1 Å². The van der Waals surface area contributed by atoms with Gasteiger partial charge in [-0.05, 0) is 6.92 Å². The van der Waals surface area contributed by atoms with E-state index in [2.05, 4.69) is 11.7 Å². The topological polar surface area (TPSA) is 63.4 Å². The second-order valence-electron chi connectivity index (χ2n) is 5.00. The van der Waals surface area contributed by atoms with Crippen molar-refractivity contribution in [3.05, 3.63) is 40.5 Å². The Morgan fingerprint density at radius 2 is 1.64 bits per heavy atom. The van der Waals surface area contributed by atoms with Crippen LogP contribution in [0.5, 0.6) is 0 Å². The Bertz CT molecular complexity index is 762. The molecule has 140 valence electrons. The van der Waals surface area contributed by atoms with Crippen LogP contribution in [-0.4, -0.2) is 50.3 Å². The Morgan fingerprint density at radius 1 is 1.12 bits per heavy atom. The minimum Gasteiger partial charge on any atom is -0.327 e. The zero-order valence-corrected chi connectivity index (χ0v) is 13.8. The second kappa shape index (κ2) is 7.07. The summed E-state index contributed by atoms with van der Waals surface area (Å²) in [5.41, 5.74) is -1.79. The first-order chi connectivity index (χ1) is 11.3. The molecule has 12 heteroatoms. The number of aromatic nitrogens is 3. The summed E-state index contributed by atoms with van der Waals surface area (Å²) in [5.74, 6) is -0.697. The highest BCUT2D eigenvalue weighted by Crippen LogP contribution is 2.32. The van der Waals surface area contributed by atoms with Crippen molar-refractivity contribution in [2.75, 3.05) is 14.1 Å². The molecule has 0 atom stereocenters. The highest BCUT2D eigenvalue weighted by atomic mass is 19.4. The maximum atomic E-state index is 12.3. The van der Waals surface area contributed by atoms with E-state index in [4.69, 9.17) is 0 Å². The monoisotopic (exact) mass is 369 g/mol. The standard InChI is InChI=1S/C8H9F3N2O.C5H7F2N3O/c1-5-12(2)6(8(9,10)11)4-7(14)13(5)3;1-3-8-9(2)5(11)10(3)4(6)7/h4H,1H2,2-3H3;4H,1-2H3. The fourth-order valence-corrected chi connectivity index (χ4v) is 1.90. The third-order valence-electron chi connectivity index (χ3n) is 3.34. The number of hydrogen-bond donors (Lipinski definition) is 0. The molecule has 1 aromatic heterocycles. The Hall–Kier alpha value is -2.66. The summed E-state index contributed by atoms with van der Waals surface area (Å²) in [5, 5.41) is 3.52. The van der Waals surface area contributed by atoms with Crippen molar-refractivity contribution in [2.24, 2.45) is 7.05 Å². The van der Waals surface area contributed by atoms with Crippen LogP contribution >= 0.6 is 0 Å². The molecule has 0 bridgehead atoms. The van der Waals surface area contributed by atoms with Crippen LogP contribution in [0.1, 0.15) is 12.4 Å². The van der Waals surface area contributed by atoms with Gasteiger partial charge in [-0.25, -0.2) is 14.0 Å². The molecule has 2 heterocycles. The molecule has 7 nitrogen and oxygen atoms in total. The number of likely N-dealkylation sites (N-methyl/N-ethyl adjacent to an activating group) is 1. The number of carbonyl (C=O) groups is 1. The first-order valence-corrected chi connectivity index (χ1v) is 6.68. The fraction of sp³-hybridized carbons (Fsp3) is 0.462. The van der Waals surface area contributed by atoms with Gasteiger partial charge < -0.3 is 4.90 Å². The van der Waals surface area contributed by atoms with Crippen LogP contribution in [0, 0.1) is 6.92 Å². The molecule has 1 aliphatic rings. The number of halogens is 5. The number of rotatable bonds is 1. The van der Waals surface area contributed by atoms with Gasteiger partial charge in [0, 0.05) is 27.2 Å². The Morgan fingerprint density at radius 3 is 1.96 bits per heavy atom. The third kappa shape index (κ3) is 4.25. The molecule has 0 spiro atoms. The lowest BCUT2D eigenvalue weighted by Crippen LogP contribution is -2.41. The van der Waals surface area contributed by atoms with Crippen molar-refractivity contribution in [2.45, 2.75) is 19.6 Å². The van der Waals surface area contributed by atoms with Gasteiger partial charge in [0.1, 0.15) is 17.3 Å². The normalized spacial score (nSPS) is 15.4. The molecule has 0 radical (unpaired) electrons. The molecule has 2 rings (SSSR count). The Labute approximate surface area is 139 Å². The second-order valence-corrected chi connectivity index (χ2v) is 5.00. The molecule has 0 fully saturated rings. The van der Waals surface area contributed by atoms with E-state index < -0.39 is 30.0 Å². The quantitative estimate of drug-likeness (QED) is 0.706. The van der Waals surface area contributed by atoms with Crippen molar-refractivity contribution >= 4 is 5.91 Å². The third-order valence-corrected chi connectivity index (χ3v) is 3.34. The number of aryl methyl sites for hydroxylation is 2. The van der Waals surface area contributed by atoms with Gasteiger partial charge in [0.2, 0.25) is 0 Å². The fourth-order valence-electron chi connectivity index (χ4n) is 1.90. The van der Waals surface area contributed by atoms with Gasteiger partial charge in [-0.1, -0.05) is 6.58 Å². The van der Waals surface area contributed by atoms with Gasteiger partial charge in [-0.15, -0.1) is 0 Å². The first-order valence-electron chi connectivity index (χ1n) is 6.68. The van der Waals surface area contributed by atoms with Crippen LogP contribution < -0.4 is 5.69 Å². The van der Waals surface area contributed by atoms with Gasteiger partial charge >= 0.3 is 18.4 Å². The molecule has 1 aromatic rings. The van der Waals surface area contributed by atoms with E-state index in [9.17, 15) is 31.5 Å². The molecular weight excluding hydrogens is 353 g/mol. The predicted molar refractivity (Wildman–Crippen MR) is 77.3 cm³/mol. The molecule has 1 amide bonds. The van der Waals surface area contributed by atoms with Crippen LogP contribution in [-0.2, 0) is 11.8 Å². The SMILES string of the molecule is C=C1N(C)C(=O)C=C(C(F)(F)F)N1C.Cc1nn(C)c(=O)n1C(F)F. The molecular formula is C13H16F5N5O2. The Kier molecular flexibility index (Phi) is 5.76. The summed E-state index contributed by atoms with van der Waals surface area (Å²) in [7, 11) is 3.91. The van der Waals surface area contributed by atoms with E-state index in [1.807, 2.05) is 0 Å². The lowest BCUT2D eigenvalue weighted by molar-refractivity contribution is -0.132. The first kappa shape index (κ1) is 20.4. The van der Waals surface area contributed by atoms with E-state index in [0.717, 1.165) is 14.5 Å². The van der Waals surface area contributed by atoms with Crippen LogP contribution in [0.3, 0.4) is 0 Å². The van der Waals surface area contributed by atoms with Gasteiger partial charge in [-0.3, -0.25) is 9.69 Å². The van der Waals surface area contributed by atoms with Crippen molar-refractivity contribution in [3.8, 4) is 0 Å². The average molecular weight is 369 g/mol. The summed E-state index contributed by atoms with van der Waals surface area (Å²) in [6, 6.07) is 0. The van der Waals surface area contributed by atoms with Gasteiger partial charge in [0.25, 0.3) is 5.91 Å². The van der Waals surface area contributed by atoms with Crippen molar-refractivity contribution in [3.63, 3.8) is 0 Å². The van der Waals surface area contributed by atoms with Crippen LogP contribution in [0.2, 0.25) is 0 Å². The molecule has 0 saturated carbocycles. The van der Waals surface area contributed by atoms with Crippen LogP contribution in [0.4, 0.5) is 22.0 Å². The van der Waals surface area contributed by atoms with E-state index in [1.54, 1.807) is 0 Å². The van der Waals surface area contributed by atoms with Crippen LogP contribution in [0.25, 0.3) is 0 Å². The van der Waals surface area contributed by atoms with Gasteiger partial charge in [-0.2, -0.15) is 27.1 Å². The molecule has 0 saturated heterocycles. The van der Waals surface area contributed by atoms with Crippen LogP contribution in [0.15, 0.2) is 29.0 Å². The van der Waals surface area contributed by atoms with Crippen molar-refractivity contribution in [1.29, 1.82) is 0 Å². The lowest BCUT2D eigenvalue weighted by atomic mass is 10.2.